The van der Waals surface area contributed by atoms with E-state index in [1.165, 1.54) is 12.4 Å². The third-order valence-electron chi connectivity index (χ3n) is 2.41. The van der Waals surface area contributed by atoms with Crippen LogP contribution in [-0.2, 0) is 0 Å². The molecule has 17 heavy (non-hydrogen) atoms. The van der Waals surface area contributed by atoms with Crippen LogP contribution in [0.3, 0.4) is 0 Å². The van der Waals surface area contributed by atoms with Gasteiger partial charge in [0.25, 0.3) is 0 Å². The largest absolute Gasteiger partial charge is 0.465 e. The van der Waals surface area contributed by atoms with Crippen LogP contribution in [0, 0.1) is 0 Å². The number of alkyl halides is 1. The highest BCUT2D eigenvalue weighted by Gasteiger charge is 2.45. The van der Waals surface area contributed by atoms with Gasteiger partial charge in [-0.25, -0.2) is 14.2 Å². The van der Waals surface area contributed by atoms with Gasteiger partial charge in [-0.3, -0.25) is 4.98 Å². The SMILES string of the molecule is O=C(O)N1CC(F)(CNc2cncc(Cl)n2)C1. The second-order valence-electron chi connectivity index (χ2n) is 3.87. The zero-order chi connectivity index (χ0) is 12.5. The molecule has 1 aliphatic rings. The Labute approximate surface area is 101 Å². The molecule has 0 unspecified atom stereocenters. The van der Waals surface area contributed by atoms with E-state index in [0.29, 0.717) is 5.82 Å². The average molecular weight is 261 g/mol. The van der Waals surface area contributed by atoms with E-state index < -0.39 is 11.8 Å². The van der Waals surface area contributed by atoms with Crippen molar-refractivity contribution >= 4 is 23.5 Å². The van der Waals surface area contributed by atoms with Gasteiger partial charge in [0, 0.05) is 0 Å². The molecule has 8 heteroatoms. The number of rotatable bonds is 3. The van der Waals surface area contributed by atoms with E-state index in [9.17, 15) is 9.18 Å². The van der Waals surface area contributed by atoms with Crippen molar-refractivity contribution in [2.75, 3.05) is 25.0 Å². The Morgan fingerprint density at radius 1 is 1.65 bits per heavy atom. The van der Waals surface area contributed by atoms with Gasteiger partial charge >= 0.3 is 6.09 Å². The summed E-state index contributed by atoms with van der Waals surface area (Å²) < 4.78 is 13.9. The Kier molecular flexibility index (Phi) is 3.01. The normalized spacial score (nSPS) is 17.4. The molecule has 1 aromatic rings. The molecule has 1 fully saturated rings. The predicted octanol–water partition coefficient (Wildman–Crippen LogP) is 1.24. The molecule has 0 saturated carbocycles. The lowest BCUT2D eigenvalue weighted by Crippen LogP contribution is -2.63. The molecule has 6 nitrogen and oxygen atoms in total. The number of carboxylic acid groups (broad SMARTS) is 1. The first-order valence-corrected chi connectivity index (χ1v) is 5.24. The molecule has 0 aliphatic carbocycles. The minimum atomic E-state index is -1.55. The summed E-state index contributed by atoms with van der Waals surface area (Å²) in [7, 11) is 0. The van der Waals surface area contributed by atoms with Crippen LogP contribution in [0.4, 0.5) is 15.0 Å². The third-order valence-corrected chi connectivity index (χ3v) is 2.59. The highest BCUT2D eigenvalue weighted by Crippen LogP contribution is 2.25. The molecule has 0 atom stereocenters. The lowest BCUT2D eigenvalue weighted by molar-refractivity contribution is -0.0104. The zero-order valence-corrected chi connectivity index (χ0v) is 9.48. The van der Waals surface area contributed by atoms with Gasteiger partial charge in [0.1, 0.15) is 11.0 Å². The number of likely N-dealkylation sites (tertiary alicyclic amines) is 1. The highest BCUT2D eigenvalue weighted by molar-refractivity contribution is 6.29. The number of carbonyl (C=O) groups is 1. The number of nitrogens with zero attached hydrogens (tertiary/aromatic N) is 3. The molecule has 1 saturated heterocycles. The van der Waals surface area contributed by atoms with Crippen LogP contribution in [-0.4, -0.2) is 51.4 Å². The predicted molar refractivity (Wildman–Crippen MR) is 59.0 cm³/mol. The lowest BCUT2D eigenvalue weighted by Gasteiger charge is -2.42. The molecule has 2 rings (SSSR count). The summed E-state index contributed by atoms with van der Waals surface area (Å²) in [6.07, 6.45) is 1.68. The summed E-state index contributed by atoms with van der Waals surface area (Å²) in [6.45, 7) is -0.293. The van der Waals surface area contributed by atoms with Gasteiger partial charge in [0.05, 0.1) is 32.0 Å². The number of hydrogen-bond acceptors (Lipinski definition) is 4. The fourth-order valence-corrected chi connectivity index (χ4v) is 1.71. The van der Waals surface area contributed by atoms with Crippen molar-refractivity contribution in [1.29, 1.82) is 0 Å². The van der Waals surface area contributed by atoms with Gasteiger partial charge in [0.15, 0.2) is 5.67 Å². The van der Waals surface area contributed by atoms with Crippen LogP contribution in [0.15, 0.2) is 12.4 Å². The molecule has 0 bridgehead atoms. The number of anilines is 1. The van der Waals surface area contributed by atoms with Gasteiger partial charge in [-0.15, -0.1) is 0 Å². The van der Waals surface area contributed by atoms with Gasteiger partial charge < -0.3 is 15.3 Å². The highest BCUT2D eigenvalue weighted by atomic mass is 35.5. The van der Waals surface area contributed by atoms with Crippen LogP contribution >= 0.6 is 11.6 Å². The van der Waals surface area contributed by atoms with Gasteiger partial charge in [-0.1, -0.05) is 11.6 Å². The first kappa shape index (κ1) is 11.8. The molecule has 0 aromatic carbocycles. The Morgan fingerprint density at radius 2 is 2.35 bits per heavy atom. The van der Waals surface area contributed by atoms with Crippen molar-refractivity contribution in [2.24, 2.45) is 0 Å². The first-order chi connectivity index (χ1) is 7.98. The maximum atomic E-state index is 13.9. The smallest absolute Gasteiger partial charge is 0.407 e. The van der Waals surface area contributed by atoms with E-state index in [4.69, 9.17) is 16.7 Å². The molecule has 1 amide bonds. The van der Waals surface area contributed by atoms with Crippen LogP contribution in [0.25, 0.3) is 0 Å². The first-order valence-electron chi connectivity index (χ1n) is 4.87. The molecule has 0 spiro atoms. The van der Waals surface area contributed by atoms with E-state index >= 15 is 0 Å². The van der Waals surface area contributed by atoms with Gasteiger partial charge in [-0.2, -0.15) is 0 Å². The van der Waals surface area contributed by atoms with E-state index in [1.807, 2.05) is 0 Å². The summed E-state index contributed by atoms with van der Waals surface area (Å²) in [5, 5.41) is 11.5. The fraction of sp³-hybridized carbons (Fsp3) is 0.444. The van der Waals surface area contributed by atoms with Crippen molar-refractivity contribution in [1.82, 2.24) is 14.9 Å². The van der Waals surface area contributed by atoms with Crippen molar-refractivity contribution in [3.05, 3.63) is 17.5 Å². The topological polar surface area (TPSA) is 78.4 Å². The van der Waals surface area contributed by atoms with Crippen LogP contribution in [0.2, 0.25) is 5.15 Å². The monoisotopic (exact) mass is 260 g/mol. The Bertz CT molecular complexity index is 439. The molecule has 1 aliphatic heterocycles. The minimum Gasteiger partial charge on any atom is -0.465 e. The third kappa shape index (κ3) is 2.73. The van der Waals surface area contributed by atoms with Crippen molar-refractivity contribution in [3.63, 3.8) is 0 Å². The van der Waals surface area contributed by atoms with E-state index in [-0.39, 0.29) is 24.8 Å². The molecule has 1 aromatic heterocycles. The zero-order valence-electron chi connectivity index (χ0n) is 8.73. The Morgan fingerprint density at radius 3 is 2.94 bits per heavy atom. The van der Waals surface area contributed by atoms with Crippen molar-refractivity contribution in [3.8, 4) is 0 Å². The fourth-order valence-electron chi connectivity index (χ4n) is 1.56. The minimum absolute atomic E-state index is 0.0220. The average Bonchev–Trinajstić information content (AvgIpc) is 2.22. The molecule has 92 valence electrons. The molecule has 0 radical (unpaired) electrons. The number of nitrogens with one attached hydrogen (secondary N) is 1. The van der Waals surface area contributed by atoms with Crippen molar-refractivity contribution in [2.45, 2.75) is 5.67 Å². The second-order valence-corrected chi connectivity index (χ2v) is 4.26. The number of aromatic nitrogens is 2. The Hall–Kier alpha value is -1.63. The van der Waals surface area contributed by atoms with Crippen molar-refractivity contribution < 1.29 is 14.3 Å². The van der Waals surface area contributed by atoms with E-state index in [2.05, 4.69) is 15.3 Å². The lowest BCUT2D eigenvalue weighted by atomic mass is 9.97. The van der Waals surface area contributed by atoms with E-state index in [0.717, 1.165) is 4.90 Å². The maximum absolute atomic E-state index is 13.9. The summed E-state index contributed by atoms with van der Waals surface area (Å²) in [4.78, 5) is 19.2. The summed E-state index contributed by atoms with van der Waals surface area (Å²) in [6, 6.07) is 0. The number of halogens is 2. The van der Waals surface area contributed by atoms with Gasteiger partial charge in [0.2, 0.25) is 0 Å². The molecular formula is C9H10ClFN4O2. The quantitative estimate of drug-likeness (QED) is 0.855. The summed E-state index contributed by atoms with van der Waals surface area (Å²) in [5.74, 6) is 0.364. The van der Waals surface area contributed by atoms with Crippen LogP contribution in [0.1, 0.15) is 0 Å². The Balaban J connectivity index is 1.85. The summed E-state index contributed by atoms with van der Waals surface area (Å²) in [5.41, 5.74) is -1.55. The molecular weight excluding hydrogens is 251 g/mol. The number of hydrogen-bond donors (Lipinski definition) is 2. The second kappa shape index (κ2) is 4.33. The van der Waals surface area contributed by atoms with Crippen LogP contribution in [0.5, 0.6) is 0 Å². The standard InChI is InChI=1S/C9H10ClFN4O2/c10-6-1-12-2-7(14-6)13-3-9(11)4-15(5-9)8(16)17/h1-2H,3-5H2,(H,13,14)(H,16,17). The molecule has 2 heterocycles. The number of amides is 1. The summed E-state index contributed by atoms with van der Waals surface area (Å²) >= 11 is 5.61. The van der Waals surface area contributed by atoms with E-state index in [1.54, 1.807) is 0 Å². The maximum Gasteiger partial charge on any atom is 0.407 e. The molecule has 2 N–H and O–H groups in total. The van der Waals surface area contributed by atoms with Gasteiger partial charge in [-0.05, 0) is 0 Å². The van der Waals surface area contributed by atoms with Crippen LogP contribution < -0.4 is 5.32 Å².